The van der Waals surface area contributed by atoms with Gasteiger partial charge in [-0.2, -0.15) is 4.31 Å². The smallest absolute Gasteiger partial charge is 0.218 e. The molecule has 0 aliphatic heterocycles. The van der Waals surface area contributed by atoms with Crippen LogP contribution in [0.15, 0.2) is 53.3 Å². The largest absolute Gasteiger partial charge is 0.497 e. The van der Waals surface area contributed by atoms with E-state index in [-0.39, 0.29) is 18.9 Å². The molecule has 200 valence electrons. The number of hydrogen-bond donors (Lipinski definition) is 0. The fourth-order valence-corrected chi connectivity index (χ4v) is 5.55. The number of hydrogen-bond acceptors (Lipinski definition) is 8. The lowest BCUT2D eigenvalue weighted by molar-refractivity contribution is 0.205. The van der Waals surface area contributed by atoms with E-state index in [0.717, 1.165) is 6.92 Å². The summed E-state index contributed by atoms with van der Waals surface area (Å²) in [6.07, 6.45) is 2.74. The number of sulfonamides is 1. The predicted octanol–water partition coefficient (Wildman–Crippen LogP) is 4.49. The van der Waals surface area contributed by atoms with Gasteiger partial charge in [0, 0.05) is 48.7 Å². The number of alkyl halides is 1. The number of methoxy groups -OCH3 is 4. The number of halogens is 2. The first-order valence-corrected chi connectivity index (χ1v) is 13.5. The van der Waals surface area contributed by atoms with E-state index >= 15 is 4.39 Å². The van der Waals surface area contributed by atoms with Crippen LogP contribution in [0.4, 0.5) is 4.39 Å². The Bertz CT molecular complexity index is 1270. The highest BCUT2D eigenvalue weighted by atomic mass is 79.9. The van der Waals surface area contributed by atoms with Crippen LogP contribution >= 0.6 is 15.9 Å². The van der Waals surface area contributed by atoms with Crippen LogP contribution in [-0.2, 0) is 28.8 Å². The third-order valence-electron chi connectivity index (χ3n) is 5.62. The summed E-state index contributed by atoms with van der Waals surface area (Å²) in [5, 5.41) is 0. The molecule has 3 rings (SSSR count). The molecule has 0 radical (unpaired) electrons. The summed E-state index contributed by atoms with van der Waals surface area (Å²) in [6.45, 7) is 0.956. The van der Waals surface area contributed by atoms with Gasteiger partial charge in [0.05, 0.1) is 32.9 Å². The Kier molecular flexibility index (Phi) is 9.32. The van der Waals surface area contributed by atoms with Crippen molar-refractivity contribution in [3.8, 4) is 23.0 Å². The van der Waals surface area contributed by atoms with E-state index in [4.69, 9.17) is 18.9 Å². The molecule has 0 N–H and O–H groups in total. The lowest BCUT2D eigenvalue weighted by atomic mass is 10.1. The van der Waals surface area contributed by atoms with Crippen molar-refractivity contribution in [3.05, 3.63) is 70.2 Å². The SMILES string of the molecule is COc1ccc(CN(Cc2ccc(OC)cc2OC)S(=O)(=O)C[C@@](C)(F)c2ncc(Br)cn2)c(OC)c1. The van der Waals surface area contributed by atoms with Crippen molar-refractivity contribution in [2.45, 2.75) is 25.7 Å². The van der Waals surface area contributed by atoms with E-state index in [1.807, 2.05) is 0 Å². The Balaban J connectivity index is 2.02. The van der Waals surface area contributed by atoms with Crippen LogP contribution in [0.5, 0.6) is 23.0 Å². The number of nitrogens with zero attached hydrogens (tertiary/aromatic N) is 3. The Morgan fingerprint density at radius 2 is 1.32 bits per heavy atom. The summed E-state index contributed by atoms with van der Waals surface area (Å²) in [4.78, 5) is 7.94. The number of benzene rings is 2. The van der Waals surface area contributed by atoms with Gasteiger partial charge in [-0.05, 0) is 35.0 Å². The maximum atomic E-state index is 15.7. The minimum Gasteiger partial charge on any atom is -0.497 e. The minimum absolute atomic E-state index is 0.0953. The predicted molar refractivity (Wildman–Crippen MR) is 140 cm³/mol. The van der Waals surface area contributed by atoms with Crippen LogP contribution in [0, 0.1) is 0 Å². The molecule has 1 atom stereocenters. The van der Waals surface area contributed by atoms with Gasteiger partial charge >= 0.3 is 0 Å². The fourth-order valence-electron chi connectivity index (χ4n) is 3.68. The molecule has 0 spiro atoms. The zero-order valence-electron chi connectivity index (χ0n) is 21.2. The normalized spacial score (nSPS) is 13.2. The highest BCUT2D eigenvalue weighted by Crippen LogP contribution is 2.32. The monoisotopic (exact) mass is 597 g/mol. The first-order chi connectivity index (χ1) is 17.5. The molecule has 0 aliphatic rings. The summed E-state index contributed by atoms with van der Waals surface area (Å²) in [6, 6.07) is 10.1. The molecule has 0 aliphatic carbocycles. The second-order valence-corrected chi connectivity index (χ2v) is 11.2. The minimum atomic E-state index is -4.22. The first-order valence-electron chi connectivity index (χ1n) is 11.1. The van der Waals surface area contributed by atoms with Crippen molar-refractivity contribution < 1.29 is 31.8 Å². The lowest BCUT2D eigenvalue weighted by Crippen LogP contribution is -2.39. The molecule has 0 saturated heterocycles. The fraction of sp³-hybridized carbons (Fsp3) is 0.360. The van der Waals surface area contributed by atoms with E-state index in [2.05, 4.69) is 25.9 Å². The lowest BCUT2D eigenvalue weighted by Gasteiger charge is -2.27. The van der Waals surface area contributed by atoms with E-state index < -0.39 is 21.4 Å². The zero-order valence-corrected chi connectivity index (χ0v) is 23.6. The van der Waals surface area contributed by atoms with Crippen molar-refractivity contribution in [2.75, 3.05) is 34.2 Å². The van der Waals surface area contributed by atoms with Gasteiger partial charge in [0.1, 0.15) is 28.8 Å². The van der Waals surface area contributed by atoms with Crippen molar-refractivity contribution >= 4 is 26.0 Å². The van der Waals surface area contributed by atoms with E-state index in [1.54, 1.807) is 36.4 Å². The van der Waals surface area contributed by atoms with Crippen LogP contribution in [0.1, 0.15) is 23.9 Å². The van der Waals surface area contributed by atoms with Crippen LogP contribution < -0.4 is 18.9 Å². The molecule has 3 aromatic rings. The van der Waals surface area contributed by atoms with Gasteiger partial charge < -0.3 is 18.9 Å². The van der Waals surface area contributed by atoms with Crippen LogP contribution in [-0.4, -0.2) is 56.9 Å². The molecule has 37 heavy (non-hydrogen) atoms. The topological polar surface area (TPSA) is 100 Å². The van der Waals surface area contributed by atoms with Gasteiger partial charge in [-0.3, -0.25) is 0 Å². The Hall–Kier alpha value is -2.96. The van der Waals surface area contributed by atoms with Gasteiger partial charge in [0.15, 0.2) is 11.5 Å². The van der Waals surface area contributed by atoms with Crippen LogP contribution in [0.3, 0.4) is 0 Å². The highest BCUT2D eigenvalue weighted by molar-refractivity contribution is 9.10. The molecular weight excluding hydrogens is 569 g/mol. The number of rotatable bonds is 12. The van der Waals surface area contributed by atoms with Gasteiger partial charge in [0.25, 0.3) is 0 Å². The number of ether oxygens (including phenoxy) is 4. The average Bonchev–Trinajstić information content (AvgIpc) is 2.88. The number of aromatic nitrogens is 2. The molecule has 2 aromatic carbocycles. The third kappa shape index (κ3) is 7.08. The Labute approximate surface area is 224 Å². The van der Waals surface area contributed by atoms with E-state index in [0.29, 0.717) is 38.6 Å². The van der Waals surface area contributed by atoms with Crippen molar-refractivity contribution in [1.82, 2.24) is 14.3 Å². The second kappa shape index (κ2) is 12.1. The van der Waals surface area contributed by atoms with Crippen molar-refractivity contribution in [1.29, 1.82) is 0 Å². The summed E-state index contributed by atoms with van der Waals surface area (Å²) < 4.78 is 66.4. The third-order valence-corrected chi connectivity index (χ3v) is 7.98. The second-order valence-electron chi connectivity index (χ2n) is 8.30. The van der Waals surface area contributed by atoms with Crippen molar-refractivity contribution in [3.63, 3.8) is 0 Å². The Morgan fingerprint density at radius 1 is 0.865 bits per heavy atom. The van der Waals surface area contributed by atoms with Gasteiger partial charge in [0.2, 0.25) is 10.0 Å². The summed E-state index contributed by atoms with van der Waals surface area (Å²) in [5.41, 5.74) is -1.22. The van der Waals surface area contributed by atoms with Gasteiger partial charge in [-0.1, -0.05) is 12.1 Å². The van der Waals surface area contributed by atoms with Gasteiger partial charge in [-0.15, -0.1) is 0 Å². The molecule has 0 unspecified atom stereocenters. The first kappa shape index (κ1) is 28.6. The zero-order chi connectivity index (χ0) is 27.2. The molecular formula is C25H29BrFN3O6S. The molecule has 1 heterocycles. The molecule has 0 bridgehead atoms. The summed E-state index contributed by atoms with van der Waals surface area (Å²) >= 11 is 3.20. The standard InChI is InChI=1S/C25H29BrFN3O6S/c1-25(27,24-28-12-19(26)13-29-24)16-37(31,32)30(14-17-6-8-20(33-2)10-22(17)35-4)15-18-7-9-21(34-3)11-23(18)36-5/h6-13H,14-16H2,1-5H3/t25-/m1/s1. The van der Waals surface area contributed by atoms with Crippen molar-refractivity contribution in [2.24, 2.45) is 0 Å². The summed E-state index contributed by atoms with van der Waals surface area (Å²) in [7, 11) is 1.78. The maximum Gasteiger partial charge on any atom is 0.218 e. The highest BCUT2D eigenvalue weighted by Gasteiger charge is 2.39. The molecule has 1 aromatic heterocycles. The van der Waals surface area contributed by atoms with Crippen LogP contribution in [0.25, 0.3) is 0 Å². The van der Waals surface area contributed by atoms with Gasteiger partial charge in [-0.25, -0.2) is 22.8 Å². The molecule has 0 amide bonds. The molecule has 9 nitrogen and oxygen atoms in total. The summed E-state index contributed by atoms with van der Waals surface area (Å²) in [5.74, 6) is 0.855. The average molecular weight is 598 g/mol. The maximum absolute atomic E-state index is 15.7. The Morgan fingerprint density at radius 3 is 1.73 bits per heavy atom. The van der Waals surface area contributed by atoms with Crippen LogP contribution in [0.2, 0.25) is 0 Å². The van der Waals surface area contributed by atoms with E-state index in [9.17, 15) is 8.42 Å². The molecule has 0 saturated carbocycles. The molecule has 0 fully saturated rings. The van der Waals surface area contributed by atoms with E-state index in [1.165, 1.54) is 45.1 Å². The quantitative estimate of drug-likeness (QED) is 0.301. The molecule has 12 heteroatoms.